The van der Waals surface area contributed by atoms with E-state index in [9.17, 15) is 0 Å². The number of hydrogen-bond acceptors (Lipinski definition) is 4. The molecule has 1 atom stereocenters. The van der Waals surface area contributed by atoms with Crippen molar-refractivity contribution in [3.8, 4) is 0 Å². The number of benzene rings is 1. The van der Waals surface area contributed by atoms with Crippen LogP contribution in [0.25, 0.3) is 0 Å². The second kappa shape index (κ2) is 4.16. The minimum atomic E-state index is 0.133. The van der Waals surface area contributed by atoms with Crippen molar-refractivity contribution in [2.45, 2.75) is 12.8 Å². The van der Waals surface area contributed by atoms with Gasteiger partial charge in [0.05, 0.1) is 0 Å². The van der Waals surface area contributed by atoms with Crippen LogP contribution in [0, 0.1) is 0 Å². The van der Waals surface area contributed by atoms with Crippen LogP contribution in [0.4, 0.5) is 5.13 Å². The predicted octanol–water partition coefficient (Wildman–Crippen LogP) is 2.93. The average molecular weight is 240 g/mol. The topological polar surface area (TPSA) is 51.8 Å². The molecule has 1 heterocycles. The summed E-state index contributed by atoms with van der Waals surface area (Å²) in [4.78, 5) is 0. The first-order chi connectivity index (χ1) is 7.18. The summed E-state index contributed by atoms with van der Waals surface area (Å²) >= 11 is 7.50. The van der Waals surface area contributed by atoms with E-state index in [-0.39, 0.29) is 5.92 Å². The van der Waals surface area contributed by atoms with Crippen molar-refractivity contribution < 1.29 is 0 Å². The fourth-order valence-corrected chi connectivity index (χ4v) is 2.36. The molecule has 78 valence electrons. The molecule has 0 amide bonds. The lowest BCUT2D eigenvalue weighted by Gasteiger charge is -2.09. The van der Waals surface area contributed by atoms with Crippen LogP contribution in [0.15, 0.2) is 24.3 Å². The average Bonchev–Trinajstić information content (AvgIpc) is 2.65. The lowest BCUT2D eigenvalue weighted by atomic mass is 10.0. The smallest absolute Gasteiger partial charge is 0.203 e. The second-order valence-corrected chi connectivity index (χ2v) is 4.67. The fraction of sp³-hybridized carbons (Fsp3) is 0.200. The lowest BCUT2D eigenvalue weighted by Crippen LogP contribution is -1.96. The molecule has 1 aromatic carbocycles. The number of aromatic nitrogens is 2. The van der Waals surface area contributed by atoms with Gasteiger partial charge in [-0.05, 0) is 11.6 Å². The molecule has 0 bridgehead atoms. The lowest BCUT2D eigenvalue weighted by molar-refractivity contribution is 0.869. The van der Waals surface area contributed by atoms with Crippen molar-refractivity contribution in [3.05, 3.63) is 39.9 Å². The van der Waals surface area contributed by atoms with Gasteiger partial charge in [-0.1, -0.05) is 48.1 Å². The Morgan fingerprint density at radius 1 is 1.33 bits per heavy atom. The number of rotatable bonds is 2. The molecule has 2 N–H and O–H groups in total. The van der Waals surface area contributed by atoms with Crippen molar-refractivity contribution in [1.82, 2.24) is 10.2 Å². The number of nitrogens with zero attached hydrogens (tertiary/aromatic N) is 2. The Morgan fingerprint density at radius 3 is 2.67 bits per heavy atom. The number of anilines is 1. The van der Waals surface area contributed by atoms with Crippen molar-refractivity contribution in [2.75, 3.05) is 5.73 Å². The zero-order valence-electron chi connectivity index (χ0n) is 8.14. The largest absolute Gasteiger partial charge is 0.374 e. The molecule has 0 fully saturated rings. The van der Waals surface area contributed by atoms with E-state index in [4.69, 9.17) is 17.3 Å². The monoisotopic (exact) mass is 239 g/mol. The minimum Gasteiger partial charge on any atom is -0.374 e. The third-order valence-electron chi connectivity index (χ3n) is 2.20. The van der Waals surface area contributed by atoms with Crippen LogP contribution in [0.3, 0.4) is 0 Å². The zero-order valence-corrected chi connectivity index (χ0v) is 9.72. The van der Waals surface area contributed by atoms with Crippen molar-refractivity contribution in [3.63, 3.8) is 0 Å². The Balaban J connectivity index is 2.36. The van der Waals surface area contributed by atoms with E-state index < -0.39 is 0 Å². The molecule has 2 aromatic rings. The number of nitrogens with two attached hydrogens (primary N) is 1. The quantitative estimate of drug-likeness (QED) is 0.877. The normalized spacial score (nSPS) is 12.7. The van der Waals surface area contributed by atoms with Crippen LogP contribution in [0.2, 0.25) is 5.02 Å². The molecule has 0 saturated carbocycles. The van der Waals surface area contributed by atoms with Gasteiger partial charge in [0.15, 0.2) is 0 Å². The summed E-state index contributed by atoms with van der Waals surface area (Å²) in [6.45, 7) is 2.04. The molecule has 3 nitrogen and oxygen atoms in total. The molecule has 1 unspecified atom stereocenters. The Labute approximate surface area is 96.9 Å². The zero-order chi connectivity index (χ0) is 10.8. The standard InChI is InChI=1S/C10H10ClN3S/c1-6(9-13-14-10(12)15-9)7-4-2-3-5-8(7)11/h2-6H,1H3,(H2,12,14). The molecule has 0 radical (unpaired) electrons. The van der Waals surface area contributed by atoms with Gasteiger partial charge >= 0.3 is 0 Å². The summed E-state index contributed by atoms with van der Waals surface area (Å²) in [6, 6.07) is 7.73. The van der Waals surface area contributed by atoms with E-state index in [0.717, 1.165) is 15.6 Å². The number of hydrogen-bond donors (Lipinski definition) is 1. The highest BCUT2D eigenvalue weighted by Crippen LogP contribution is 2.31. The molecule has 1 aromatic heterocycles. The fourth-order valence-electron chi connectivity index (χ4n) is 1.38. The third kappa shape index (κ3) is 2.11. The van der Waals surface area contributed by atoms with Crippen LogP contribution in [0.5, 0.6) is 0 Å². The van der Waals surface area contributed by atoms with E-state index in [2.05, 4.69) is 10.2 Å². The van der Waals surface area contributed by atoms with Gasteiger partial charge in [0.25, 0.3) is 0 Å². The Hall–Kier alpha value is -1.13. The summed E-state index contributed by atoms with van der Waals surface area (Å²) in [6.07, 6.45) is 0. The van der Waals surface area contributed by atoms with Gasteiger partial charge in [-0.25, -0.2) is 0 Å². The van der Waals surface area contributed by atoms with E-state index in [1.165, 1.54) is 11.3 Å². The van der Waals surface area contributed by atoms with Crippen LogP contribution in [-0.4, -0.2) is 10.2 Å². The van der Waals surface area contributed by atoms with Gasteiger partial charge in [-0.15, -0.1) is 10.2 Å². The van der Waals surface area contributed by atoms with Gasteiger partial charge in [-0.3, -0.25) is 0 Å². The first kappa shape index (κ1) is 10.4. The van der Waals surface area contributed by atoms with Gasteiger partial charge in [-0.2, -0.15) is 0 Å². The van der Waals surface area contributed by atoms with Gasteiger partial charge in [0, 0.05) is 10.9 Å². The first-order valence-corrected chi connectivity index (χ1v) is 5.71. The maximum atomic E-state index is 6.10. The Kier molecular flexibility index (Phi) is 2.88. The van der Waals surface area contributed by atoms with Crippen LogP contribution in [0.1, 0.15) is 23.4 Å². The van der Waals surface area contributed by atoms with Crippen molar-refractivity contribution in [2.24, 2.45) is 0 Å². The SMILES string of the molecule is CC(c1nnc(N)s1)c1ccccc1Cl. The number of nitrogen functional groups attached to an aromatic ring is 1. The summed E-state index contributed by atoms with van der Waals surface area (Å²) in [5.74, 6) is 0.133. The van der Waals surface area contributed by atoms with Gasteiger partial charge in [0.2, 0.25) is 5.13 Å². The molecular weight excluding hydrogens is 230 g/mol. The van der Waals surface area contributed by atoms with E-state index in [0.29, 0.717) is 5.13 Å². The Morgan fingerprint density at radius 2 is 2.07 bits per heavy atom. The highest BCUT2D eigenvalue weighted by molar-refractivity contribution is 7.15. The maximum absolute atomic E-state index is 6.10. The van der Waals surface area contributed by atoms with E-state index >= 15 is 0 Å². The molecule has 0 aliphatic carbocycles. The third-order valence-corrected chi connectivity index (χ3v) is 3.48. The molecule has 15 heavy (non-hydrogen) atoms. The molecule has 5 heteroatoms. The predicted molar refractivity (Wildman–Crippen MR) is 63.3 cm³/mol. The van der Waals surface area contributed by atoms with E-state index in [1.54, 1.807) is 0 Å². The van der Waals surface area contributed by atoms with Crippen LogP contribution < -0.4 is 5.73 Å². The second-order valence-electron chi connectivity index (χ2n) is 3.22. The molecular formula is C10H10ClN3S. The summed E-state index contributed by atoms with van der Waals surface area (Å²) < 4.78 is 0. The molecule has 0 saturated heterocycles. The number of halogens is 1. The summed E-state index contributed by atoms with van der Waals surface area (Å²) in [5.41, 5.74) is 6.60. The molecule has 0 aliphatic heterocycles. The molecule has 0 spiro atoms. The highest BCUT2D eigenvalue weighted by atomic mass is 35.5. The van der Waals surface area contributed by atoms with Crippen LogP contribution >= 0.6 is 22.9 Å². The van der Waals surface area contributed by atoms with E-state index in [1.807, 2.05) is 31.2 Å². The Bertz CT molecular complexity index is 469. The molecule has 2 rings (SSSR count). The summed E-state index contributed by atoms with van der Waals surface area (Å²) in [5, 5.41) is 9.94. The maximum Gasteiger partial charge on any atom is 0.203 e. The first-order valence-electron chi connectivity index (χ1n) is 4.52. The van der Waals surface area contributed by atoms with Crippen LogP contribution in [-0.2, 0) is 0 Å². The summed E-state index contributed by atoms with van der Waals surface area (Å²) in [7, 11) is 0. The van der Waals surface area contributed by atoms with Crippen molar-refractivity contribution in [1.29, 1.82) is 0 Å². The minimum absolute atomic E-state index is 0.133. The highest BCUT2D eigenvalue weighted by Gasteiger charge is 2.15. The molecule has 0 aliphatic rings. The van der Waals surface area contributed by atoms with Gasteiger partial charge in [0.1, 0.15) is 5.01 Å². The van der Waals surface area contributed by atoms with Gasteiger partial charge < -0.3 is 5.73 Å². The van der Waals surface area contributed by atoms with Crippen molar-refractivity contribution >= 4 is 28.1 Å².